The third kappa shape index (κ3) is 3.75. The van der Waals surface area contributed by atoms with Crippen molar-refractivity contribution < 1.29 is 0 Å². The fraction of sp³-hybridized carbons (Fsp3) is 0.381. The van der Waals surface area contributed by atoms with Gasteiger partial charge in [0, 0.05) is 22.8 Å². The highest BCUT2D eigenvalue weighted by Crippen LogP contribution is 2.25. The van der Waals surface area contributed by atoms with Crippen LogP contribution in [-0.4, -0.2) is 38.8 Å². The van der Waals surface area contributed by atoms with Crippen molar-refractivity contribution in [2.75, 3.05) is 13.1 Å². The van der Waals surface area contributed by atoms with E-state index in [2.05, 4.69) is 16.8 Å². The Bertz CT molecular complexity index is 1010. The zero-order valence-corrected chi connectivity index (χ0v) is 16.2. The van der Waals surface area contributed by atoms with Crippen LogP contribution in [0.25, 0.3) is 22.2 Å². The van der Waals surface area contributed by atoms with Gasteiger partial charge in [0.1, 0.15) is 11.2 Å². The minimum absolute atomic E-state index is 0.0901. The lowest BCUT2D eigenvalue weighted by Crippen LogP contribution is -2.42. The molecule has 1 aromatic carbocycles. The molecule has 1 aliphatic rings. The van der Waals surface area contributed by atoms with Gasteiger partial charge in [0.05, 0.1) is 11.9 Å². The summed E-state index contributed by atoms with van der Waals surface area (Å²) in [7, 11) is 0. The predicted molar refractivity (Wildman–Crippen MR) is 109 cm³/mol. The van der Waals surface area contributed by atoms with Gasteiger partial charge >= 0.3 is 0 Å². The van der Waals surface area contributed by atoms with Crippen LogP contribution in [0.3, 0.4) is 0 Å². The molecule has 0 aliphatic carbocycles. The van der Waals surface area contributed by atoms with Gasteiger partial charge in [0.25, 0.3) is 5.56 Å². The number of benzene rings is 1. The van der Waals surface area contributed by atoms with E-state index >= 15 is 0 Å². The van der Waals surface area contributed by atoms with E-state index in [1.165, 1.54) is 19.3 Å². The maximum absolute atomic E-state index is 13.0. The number of hydrogen-bond donors (Lipinski definition) is 0. The third-order valence-corrected chi connectivity index (χ3v) is 5.50. The average Bonchev–Trinajstić information content (AvgIpc) is 2.71. The van der Waals surface area contributed by atoms with Gasteiger partial charge in [-0.1, -0.05) is 30.2 Å². The molecule has 27 heavy (non-hydrogen) atoms. The Morgan fingerprint density at radius 2 is 1.96 bits per heavy atom. The van der Waals surface area contributed by atoms with Crippen LogP contribution in [-0.2, 0) is 6.54 Å². The molecule has 1 saturated heterocycles. The third-order valence-electron chi connectivity index (χ3n) is 5.27. The zero-order valence-electron chi connectivity index (χ0n) is 15.4. The highest BCUT2D eigenvalue weighted by atomic mass is 35.5. The van der Waals surface area contributed by atoms with E-state index in [1.807, 2.05) is 30.3 Å². The second-order valence-corrected chi connectivity index (χ2v) is 7.63. The van der Waals surface area contributed by atoms with E-state index in [-0.39, 0.29) is 11.6 Å². The number of likely N-dealkylation sites (tertiary alicyclic amines) is 1. The zero-order chi connectivity index (χ0) is 18.8. The smallest absolute Gasteiger partial charge is 0.276 e. The number of hydrogen-bond acceptors (Lipinski definition) is 4. The van der Waals surface area contributed by atoms with Crippen molar-refractivity contribution in [3.05, 3.63) is 58.0 Å². The maximum Gasteiger partial charge on any atom is 0.276 e. The first-order valence-electron chi connectivity index (χ1n) is 9.49. The van der Waals surface area contributed by atoms with Crippen LogP contribution in [0.5, 0.6) is 0 Å². The molecule has 0 saturated carbocycles. The van der Waals surface area contributed by atoms with Gasteiger partial charge in [-0.3, -0.25) is 14.7 Å². The average molecular weight is 383 g/mol. The van der Waals surface area contributed by atoms with Crippen molar-refractivity contribution in [2.24, 2.45) is 0 Å². The number of halogens is 1. The summed E-state index contributed by atoms with van der Waals surface area (Å²) in [6.45, 7) is 4.92. The van der Waals surface area contributed by atoms with Crippen molar-refractivity contribution in [1.82, 2.24) is 19.7 Å². The molecule has 2 aromatic heterocycles. The number of rotatable bonds is 4. The second-order valence-electron chi connectivity index (χ2n) is 7.19. The fourth-order valence-corrected chi connectivity index (χ4v) is 3.99. The van der Waals surface area contributed by atoms with E-state index in [0.717, 1.165) is 18.7 Å². The number of fused-ring (bicyclic) bond motifs is 1. The SMILES string of the molecule is CC(Cn1nc(-c2cccc(Cl)c2)c2ncccc2c1=O)N1CCCCC1. The van der Waals surface area contributed by atoms with E-state index in [1.54, 1.807) is 16.9 Å². The lowest BCUT2D eigenvalue weighted by Gasteiger charge is -2.32. The number of piperidine rings is 1. The van der Waals surface area contributed by atoms with Crippen LogP contribution in [0.15, 0.2) is 47.4 Å². The lowest BCUT2D eigenvalue weighted by atomic mass is 10.1. The highest BCUT2D eigenvalue weighted by Gasteiger charge is 2.20. The van der Waals surface area contributed by atoms with Crippen LogP contribution in [0.1, 0.15) is 26.2 Å². The molecule has 6 heteroatoms. The molecule has 140 valence electrons. The first-order valence-corrected chi connectivity index (χ1v) is 9.87. The Labute approximate surface area is 163 Å². The molecule has 3 aromatic rings. The molecule has 3 heterocycles. The largest absolute Gasteiger partial charge is 0.299 e. The lowest BCUT2D eigenvalue weighted by molar-refractivity contribution is 0.155. The molecule has 1 atom stereocenters. The summed E-state index contributed by atoms with van der Waals surface area (Å²) in [5, 5.41) is 5.93. The number of nitrogens with zero attached hydrogens (tertiary/aromatic N) is 4. The van der Waals surface area contributed by atoms with Crippen LogP contribution in [0.2, 0.25) is 5.02 Å². The summed E-state index contributed by atoms with van der Waals surface area (Å²) in [4.78, 5) is 19.9. The quantitative estimate of drug-likeness (QED) is 0.684. The molecule has 0 spiro atoms. The van der Waals surface area contributed by atoms with Gasteiger partial charge in [-0.15, -0.1) is 0 Å². The van der Waals surface area contributed by atoms with Gasteiger partial charge in [-0.05, 0) is 57.1 Å². The van der Waals surface area contributed by atoms with Gasteiger partial charge in [-0.2, -0.15) is 5.10 Å². The van der Waals surface area contributed by atoms with Crippen molar-refractivity contribution in [3.8, 4) is 11.3 Å². The Morgan fingerprint density at radius 3 is 2.74 bits per heavy atom. The Hall–Kier alpha value is -2.24. The van der Waals surface area contributed by atoms with Crippen LogP contribution < -0.4 is 5.56 Å². The number of pyridine rings is 1. The first-order chi connectivity index (χ1) is 13.1. The van der Waals surface area contributed by atoms with E-state index in [0.29, 0.717) is 28.2 Å². The molecular weight excluding hydrogens is 360 g/mol. The topological polar surface area (TPSA) is 51.0 Å². The Kier molecular flexibility index (Phi) is 5.23. The first kappa shape index (κ1) is 18.1. The van der Waals surface area contributed by atoms with Crippen molar-refractivity contribution in [3.63, 3.8) is 0 Å². The van der Waals surface area contributed by atoms with Gasteiger partial charge in [0.2, 0.25) is 0 Å². The summed E-state index contributed by atoms with van der Waals surface area (Å²) >= 11 is 6.18. The molecule has 0 bridgehead atoms. The normalized spacial score (nSPS) is 16.5. The molecule has 0 N–H and O–H groups in total. The summed E-state index contributed by atoms with van der Waals surface area (Å²) in [6.07, 6.45) is 5.43. The highest BCUT2D eigenvalue weighted by molar-refractivity contribution is 6.30. The minimum atomic E-state index is -0.0901. The molecule has 0 amide bonds. The molecule has 5 nitrogen and oxygen atoms in total. The van der Waals surface area contributed by atoms with Crippen molar-refractivity contribution >= 4 is 22.5 Å². The van der Waals surface area contributed by atoms with Gasteiger partial charge in [0.15, 0.2) is 0 Å². The fourth-order valence-electron chi connectivity index (χ4n) is 3.80. The summed E-state index contributed by atoms with van der Waals surface area (Å²) < 4.78 is 1.60. The Balaban J connectivity index is 1.79. The van der Waals surface area contributed by atoms with E-state index in [4.69, 9.17) is 16.7 Å². The monoisotopic (exact) mass is 382 g/mol. The molecule has 4 rings (SSSR count). The van der Waals surface area contributed by atoms with Gasteiger partial charge in [-0.25, -0.2) is 4.68 Å². The van der Waals surface area contributed by atoms with Crippen molar-refractivity contribution in [2.45, 2.75) is 38.8 Å². The molecular formula is C21H23ClN4O. The van der Waals surface area contributed by atoms with Crippen LogP contribution >= 0.6 is 11.6 Å². The maximum atomic E-state index is 13.0. The standard InChI is InChI=1S/C21H23ClN4O/c1-15(25-11-3-2-4-12-25)14-26-21(27)18-9-6-10-23-20(18)19(24-26)16-7-5-8-17(22)13-16/h5-10,13,15H,2-4,11-12,14H2,1H3. The number of aromatic nitrogens is 3. The van der Waals surface area contributed by atoms with E-state index < -0.39 is 0 Å². The molecule has 1 fully saturated rings. The van der Waals surface area contributed by atoms with Crippen molar-refractivity contribution in [1.29, 1.82) is 0 Å². The molecule has 1 aliphatic heterocycles. The predicted octanol–water partition coefficient (Wildman–Crippen LogP) is 3.99. The Morgan fingerprint density at radius 1 is 1.15 bits per heavy atom. The van der Waals surface area contributed by atoms with E-state index in [9.17, 15) is 4.79 Å². The van der Waals surface area contributed by atoms with Crippen LogP contribution in [0.4, 0.5) is 0 Å². The summed E-state index contributed by atoms with van der Waals surface area (Å²) in [5.41, 5.74) is 2.09. The molecule has 1 unspecified atom stereocenters. The van der Waals surface area contributed by atoms with Crippen LogP contribution in [0, 0.1) is 0 Å². The summed E-state index contributed by atoms with van der Waals surface area (Å²) in [5.74, 6) is 0. The molecule has 0 radical (unpaired) electrons. The minimum Gasteiger partial charge on any atom is -0.299 e. The van der Waals surface area contributed by atoms with Gasteiger partial charge < -0.3 is 0 Å². The summed E-state index contributed by atoms with van der Waals surface area (Å²) in [6, 6.07) is 11.4. The second kappa shape index (κ2) is 7.79.